The molecular weight excluding hydrogens is 482 g/mol. The van der Waals surface area contributed by atoms with E-state index in [4.69, 9.17) is 4.98 Å². The van der Waals surface area contributed by atoms with Gasteiger partial charge in [-0.25, -0.2) is 9.97 Å². The predicted molar refractivity (Wildman–Crippen MR) is 147 cm³/mol. The molecule has 7 aromatic rings. The Morgan fingerprint density at radius 3 is 2.76 bits per heavy atom. The molecule has 0 aliphatic heterocycles. The summed E-state index contributed by atoms with van der Waals surface area (Å²) in [7, 11) is 0. The maximum absolute atomic E-state index is 13.9. The molecule has 1 saturated carbocycles. The second-order valence-electron chi connectivity index (χ2n) is 9.70. The van der Waals surface area contributed by atoms with Crippen LogP contribution in [0.1, 0.15) is 30.5 Å². The minimum Gasteiger partial charge on any atom is -0.337 e. The SMILES string of the molecule is O=C(C1CCCC1)n1c2cncc(c2)c2cnc3[nH]nc(c4nc5c(cccc5c5ccc1s5)[nH]4)c3c2. The number of aromatic amines is 2. The van der Waals surface area contributed by atoms with Gasteiger partial charge in [0.25, 0.3) is 0 Å². The highest BCUT2D eigenvalue weighted by atomic mass is 32.1. The van der Waals surface area contributed by atoms with Gasteiger partial charge in [0.1, 0.15) is 10.3 Å². The minimum atomic E-state index is 0.0279. The number of imidazole rings is 1. The number of benzene rings is 1. The lowest BCUT2D eigenvalue weighted by Gasteiger charge is -2.12. The molecule has 1 aromatic carbocycles. The van der Waals surface area contributed by atoms with Crippen molar-refractivity contribution in [1.82, 2.24) is 34.7 Å². The van der Waals surface area contributed by atoms with Crippen LogP contribution in [0, 0.1) is 5.92 Å². The van der Waals surface area contributed by atoms with Crippen molar-refractivity contribution in [3.63, 3.8) is 0 Å². The van der Waals surface area contributed by atoms with Crippen LogP contribution in [-0.4, -0.2) is 40.6 Å². The number of thiophene rings is 1. The largest absolute Gasteiger partial charge is 0.337 e. The molecule has 1 aliphatic rings. The van der Waals surface area contributed by atoms with E-state index in [0.717, 1.165) is 78.8 Å². The highest BCUT2D eigenvalue weighted by Crippen LogP contribution is 2.32. The van der Waals surface area contributed by atoms with Gasteiger partial charge in [-0.1, -0.05) is 25.0 Å². The second kappa shape index (κ2) is 7.81. The summed E-state index contributed by atoms with van der Waals surface area (Å²) in [5.74, 6) is 0.167. The summed E-state index contributed by atoms with van der Waals surface area (Å²) in [5, 5.41) is 11.3. The van der Waals surface area contributed by atoms with Gasteiger partial charge >= 0.3 is 0 Å². The molecule has 6 aromatic heterocycles. The number of aromatic nitrogens is 7. The normalized spacial score (nSPS) is 14.6. The molecule has 8 nitrogen and oxygen atoms in total. The Balaban J connectivity index is 1.60. The Morgan fingerprint density at radius 2 is 1.84 bits per heavy atom. The molecule has 0 radical (unpaired) electrons. The van der Waals surface area contributed by atoms with Crippen molar-refractivity contribution in [1.29, 1.82) is 0 Å². The van der Waals surface area contributed by atoms with Gasteiger partial charge in [-0.05, 0) is 43.2 Å². The first-order valence-corrected chi connectivity index (χ1v) is 13.3. The molecule has 9 heteroatoms. The predicted octanol–water partition coefficient (Wildman–Crippen LogP) is 6.66. The monoisotopic (exact) mass is 503 g/mol. The zero-order valence-electron chi connectivity index (χ0n) is 19.7. The molecule has 0 spiro atoms. The Labute approximate surface area is 213 Å². The average molecular weight is 504 g/mol. The lowest BCUT2D eigenvalue weighted by atomic mass is 10.1. The standard InChI is InChI=1S/C28H21N7OS/c36-28(15-4-1-2-5-15)35-18-10-16(12-29-14-18)17-11-20-25(33-34-26(20)30-13-17)27-31-21-7-3-6-19(24(21)32-27)22-8-9-23(35)37-22/h3,6-15H,1-2,4-5H2,(H,31,32)(H,30,33,34). The third-order valence-corrected chi connectivity index (χ3v) is 8.57. The number of nitrogens with zero attached hydrogens (tertiary/aromatic N) is 5. The number of fused-ring (bicyclic) bond motifs is 9. The van der Waals surface area contributed by atoms with E-state index in [1.807, 2.05) is 41.2 Å². The van der Waals surface area contributed by atoms with Gasteiger partial charge < -0.3 is 4.98 Å². The van der Waals surface area contributed by atoms with Crippen molar-refractivity contribution >= 4 is 81.7 Å². The quantitative estimate of drug-likeness (QED) is 0.261. The lowest BCUT2D eigenvalue weighted by molar-refractivity contribution is 0.0847. The van der Waals surface area contributed by atoms with E-state index in [2.05, 4.69) is 43.3 Å². The fraction of sp³-hybridized carbons (Fsp3) is 0.179. The molecule has 2 N–H and O–H groups in total. The number of pyridine rings is 2. The van der Waals surface area contributed by atoms with Crippen LogP contribution in [0.3, 0.4) is 0 Å². The van der Waals surface area contributed by atoms with Gasteiger partial charge in [-0.2, -0.15) is 5.10 Å². The van der Waals surface area contributed by atoms with Crippen LogP contribution in [0.25, 0.3) is 64.4 Å². The molecule has 0 atom stereocenters. The van der Waals surface area contributed by atoms with Crippen LogP contribution in [0.4, 0.5) is 0 Å². The first-order chi connectivity index (χ1) is 18.2. The molecule has 0 unspecified atom stereocenters. The number of carbonyl (C=O) groups is 1. The first kappa shape index (κ1) is 20.8. The molecule has 37 heavy (non-hydrogen) atoms. The molecule has 6 heterocycles. The van der Waals surface area contributed by atoms with Crippen LogP contribution in [0.15, 0.2) is 61.1 Å². The van der Waals surface area contributed by atoms with Crippen molar-refractivity contribution in [3.8, 4) is 0 Å². The number of para-hydroxylation sites is 1. The molecule has 1 fully saturated rings. The van der Waals surface area contributed by atoms with Crippen molar-refractivity contribution in [3.05, 3.63) is 61.1 Å². The summed E-state index contributed by atoms with van der Waals surface area (Å²) in [6.07, 6.45) is 9.46. The Hall–Kier alpha value is -4.37. The van der Waals surface area contributed by atoms with E-state index in [9.17, 15) is 4.79 Å². The summed E-state index contributed by atoms with van der Waals surface area (Å²) in [6.45, 7) is 0. The van der Waals surface area contributed by atoms with E-state index in [-0.39, 0.29) is 11.8 Å². The second-order valence-corrected chi connectivity index (χ2v) is 10.8. The summed E-state index contributed by atoms with van der Waals surface area (Å²) in [4.78, 5) is 32.4. The summed E-state index contributed by atoms with van der Waals surface area (Å²) < 4.78 is 2.92. The van der Waals surface area contributed by atoms with E-state index < -0.39 is 0 Å². The molecule has 0 saturated heterocycles. The fourth-order valence-electron chi connectivity index (χ4n) is 5.60. The third kappa shape index (κ3) is 3.17. The molecular formula is C28H21N7OS. The average Bonchev–Trinajstić information content (AvgIpc) is 3.73. The zero-order chi connectivity index (χ0) is 24.5. The van der Waals surface area contributed by atoms with Crippen LogP contribution in [-0.2, 0) is 0 Å². The van der Waals surface area contributed by atoms with Crippen LogP contribution in [0.5, 0.6) is 0 Å². The van der Waals surface area contributed by atoms with E-state index >= 15 is 0 Å². The number of rotatable bonds is 1. The maximum atomic E-state index is 13.9. The molecule has 0 amide bonds. The van der Waals surface area contributed by atoms with Gasteiger partial charge in [0, 0.05) is 39.2 Å². The Kier molecular flexibility index (Phi) is 4.39. The summed E-state index contributed by atoms with van der Waals surface area (Å²) >= 11 is 1.60. The number of carbonyl (C=O) groups excluding carboxylic acids is 1. The van der Waals surface area contributed by atoms with Crippen molar-refractivity contribution in [2.75, 3.05) is 0 Å². The topological polar surface area (TPSA) is 105 Å². The van der Waals surface area contributed by atoms with Gasteiger partial charge in [0.15, 0.2) is 11.3 Å². The molecule has 180 valence electrons. The van der Waals surface area contributed by atoms with Gasteiger partial charge in [0.05, 0.1) is 28.1 Å². The number of nitrogens with one attached hydrogen (secondary N) is 2. The molecule has 1 aliphatic carbocycles. The summed E-state index contributed by atoms with van der Waals surface area (Å²) in [6, 6.07) is 14.3. The van der Waals surface area contributed by atoms with E-state index in [1.54, 1.807) is 17.5 Å². The summed E-state index contributed by atoms with van der Waals surface area (Å²) in [5.41, 5.74) is 4.66. The fourth-order valence-corrected chi connectivity index (χ4v) is 6.66. The van der Waals surface area contributed by atoms with E-state index in [1.165, 1.54) is 0 Å². The highest BCUT2D eigenvalue weighted by molar-refractivity contribution is 7.24. The van der Waals surface area contributed by atoms with Crippen molar-refractivity contribution < 1.29 is 4.79 Å². The van der Waals surface area contributed by atoms with Gasteiger partial charge in [-0.3, -0.25) is 19.4 Å². The molecule has 8 bridgehead atoms. The smallest absolute Gasteiger partial charge is 0.235 e. The number of hydrogen-bond acceptors (Lipinski definition) is 6. The van der Waals surface area contributed by atoms with Crippen LogP contribution >= 0.6 is 11.3 Å². The van der Waals surface area contributed by atoms with Gasteiger partial charge in [0.2, 0.25) is 5.91 Å². The maximum Gasteiger partial charge on any atom is 0.235 e. The lowest BCUT2D eigenvalue weighted by Crippen LogP contribution is -2.19. The highest BCUT2D eigenvalue weighted by Gasteiger charge is 2.25. The van der Waals surface area contributed by atoms with Crippen molar-refractivity contribution in [2.45, 2.75) is 25.7 Å². The third-order valence-electron chi connectivity index (χ3n) is 7.47. The van der Waals surface area contributed by atoms with E-state index in [0.29, 0.717) is 11.3 Å². The number of H-pyrrole nitrogens is 2. The number of hydrogen-bond donors (Lipinski definition) is 2. The van der Waals surface area contributed by atoms with Crippen molar-refractivity contribution in [2.24, 2.45) is 5.92 Å². The van der Waals surface area contributed by atoms with Gasteiger partial charge in [-0.15, -0.1) is 11.3 Å². The Morgan fingerprint density at radius 1 is 0.946 bits per heavy atom. The van der Waals surface area contributed by atoms with Crippen LogP contribution < -0.4 is 0 Å². The Bertz CT molecular complexity index is 2090. The minimum absolute atomic E-state index is 0.0279. The first-order valence-electron chi connectivity index (χ1n) is 12.5. The zero-order valence-corrected chi connectivity index (χ0v) is 20.5. The van der Waals surface area contributed by atoms with Crippen LogP contribution in [0.2, 0.25) is 0 Å². The molecule has 8 rings (SSSR count).